The second-order valence-electron chi connectivity index (χ2n) is 5.90. The van der Waals surface area contributed by atoms with Crippen LogP contribution in [0.15, 0.2) is 22.0 Å². The molecule has 7 N–H and O–H groups in total. The molecule has 3 atom stereocenters. The van der Waals surface area contributed by atoms with E-state index in [9.17, 15) is 14.7 Å². The topological polar surface area (TPSA) is 182 Å². The van der Waals surface area contributed by atoms with Gasteiger partial charge in [0, 0.05) is 29.9 Å². The molecule has 0 aromatic carbocycles. The van der Waals surface area contributed by atoms with Crippen molar-refractivity contribution in [2.24, 2.45) is 0 Å². The van der Waals surface area contributed by atoms with Gasteiger partial charge in [0.15, 0.2) is 0 Å². The van der Waals surface area contributed by atoms with Gasteiger partial charge in [-0.25, -0.2) is 14.6 Å². The number of aryl methyl sites for hydroxylation is 2. The monoisotopic (exact) mass is 366 g/mol. The first kappa shape index (κ1) is 19.6. The number of ether oxygens (including phenoxy) is 1. The number of H-pyrrole nitrogens is 1. The Morgan fingerprint density at radius 3 is 2.58 bits per heavy atom. The molecule has 0 aliphatic carbocycles. The molecule has 3 heterocycles. The lowest BCUT2D eigenvalue weighted by Gasteiger charge is -2.15. The van der Waals surface area contributed by atoms with Crippen LogP contribution in [-0.4, -0.2) is 48.5 Å². The van der Waals surface area contributed by atoms with Gasteiger partial charge in [0.05, 0.1) is 12.7 Å². The largest absolute Gasteiger partial charge is 0.394 e. The zero-order chi connectivity index (χ0) is 19.4. The number of aliphatic hydroxyl groups is 2. The number of anilines is 2. The lowest BCUT2D eigenvalue weighted by molar-refractivity contribution is -0.0459. The molecule has 1 aliphatic heterocycles. The lowest BCUT2D eigenvalue weighted by atomic mass is 10.2. The third kappa shape index (κ3) is 4.45. The van der Waals surface area contributed by atoms with Crippen molar-refractivity contribution in [2.75, 3.05) is 18.1 Å². The summed E-state index contributed by atoms with van der Waals surface area (Å²) in [6.07, 6.45) is 1.17. The van der Waals surface area contributed by atoms with E-state index in [1.807, 2.05) is 0 Å². The minimum Gasteiger partial charge on any atom is -0.394 e. The molecule has 11 heteroatoms. The number of rotatable bonds is 2. The van der Waals surface area contributed by atoms with Crippen molar-refractivity contribution < 1.29 is 14.9 Å². The van der Waals surface area contributed by atoms with E-state index < -0.39 is 29.8 Å². The van der Waals surface area contributed by atoms with Crippen molar-refractivity contribution in [1.29, 1.82) is 0 Å². The molecule has 0 unspecified atom stereocenters. The van der Waals surface area contributed by atoms with E-state index in [1.165, 1.54) is 10.8 Å². The van der Waals surface area contributed by atoms with Crippen LogP contribution in [0, 0.1) is 13.8 Å². The van der Waals surface area contributed by atoms with Crippen LogP contribution in [0.1, 0.15) is 23.8 Å². The Hall–Kier alpha value is -2.76. The molecule has 1 aliphatic rings. The van der Waals surface area contributed by atoms with Crippen LogP contribution in [0.2, 0.25) is 0 Å². The van der Waals surface area contributed by atoms with Gasteiger partial charge < -0.3 is 26.4 Å². The predicted octanol–water partition coefficient (Wildman–Crippen LogP) is -1.56. The number of nitrogens with zero attached hydrogens (tertiary/aromatic N) is 3. The Morgan fingerprint density at radius 1 is 1.35 bits per heavy atom. The van der Waals surface area contributed by atoms with Gasteiger partial charge in [-0.05, 0) is 13.8 Å². The van der Waals surface area contributed by atoms with Gasteiger partial charge in [-0.2, -0.15) is 4.98 Å². The van der Waals surface area contributed by atoms with Crippen LogP contribution in [-0.2, 0) is 4.74 Å². The zero-order valence-corrected chi connectivity index (χ0v) is 14.4. The van der Waals surface area contributed by atoms with Crippen molar-refractivity contribution in [3.05, 3.63) is 44.5 Å². The molecule has 0 saturated carbocycles. The summed E-state index contributed by atoms with van der Waals surface area (Å²) < 4.78 is 6.65. The highest BCUT2D eigenvalue weighted by Crippen LogP contribution is 2.27. The first-order chi connectivity index (χ1) is 12.2. The maximum atomic E-state index is 11.6. The van der Waals surface area contributed by atoms with E-state index in [0.29, 0.717) is 11.4 Å². The second kappa shape index (κ2) is 8.08. The number of aliphatic hydroxyl groups excluding tert-OH is 2. The van der Waals surface area contributed by atoms with Crippen LogP contribution in [0.5, 0.6) is 0 Å². The van der Waals surface area contributed by atoms with Crippen LogP contribution < -0.4 is 22.8 Å². The fraction of sp³-hybridized carbons (Fsp3) is 0.467. The smallest absolute Gasteiger partial charge is 0.351 e. The Morgan fingerprint density at radius 2 is 2.04 bits per heavy atom. The van der Waals surface area contributed by atoms with Gasteiger partial charge in [0.1, 0.15) is 24.0 Å². The van der Waals surface area contributed by atoms with Crippen molar-refractivity contribution in [3.8, 4) is 0 Å². The molecular formula is C15H22N6O5. The Balaban J connectivity index is 0.000000228. The summed E-state index contributed by atoms with van der Waals surface area (Å²) >= 11 is 0. The van der Waals surface area contributed by atoms with Crippen LogP contribution >= 0.6 is 0 Å². The lowest BCUT2D eigenvalue weighted by Crippen LogP contribution is -2.28. The number of nitrogen functional groups attached to an aromatic ring is 2. The molecule has 142 valence electrons. The molecule has 0 spiro atoms. The fourth-order valence-corrected chi connectivity index (χ4v) is 2.31. The molecule has 0 bridgehead atoms. The molecule has 26 heavy (non-hydrogen) atoms. The van der Waals surface area contributed by atoms with E-state index in [1.54, 1.807) is 20.0 Å². The van der Waals surface area contributed by atoms with E-state index >= 15 is 0 Å². The number of nitrogens with one attached hydrogen (secondary N) is 1. The van der Waals surface area contributed by atoms with E-state index in [-0.39, 0.29) is 18.8 Å². The summed E-state index contributed by atoms with van der Waals surface area (Å²) in [6.45, 7) is 3.22. The van der Waals surface area contributed by atoms with E-state index in [0.717, 1.165) is 5.56 Å². The third-order valence-corrected chi connectivity index (χ3v) is 3.91. The number of aromatic nitrogens is 4. The molecule has 0 radical (unpaired) electrons. The average molecular weight is 366 g/mol. The highest BCUT2D eigenvalue weighted by molar-refractivity contribution is 5.35. The van der Waals surface area contributed by atoms with Gasteiger partial charge in [0.25, 0.3) is 0 Å². The number of nitrogens with two attached hydrogens (primary N) is 2. The number of hydrogen-bond acceptors (Lipinski definition) is 9. The molecule has 0 amide bonds. The summed E-state index contributed by atoms with van der Waals surface area (Å²) in [5.74, 6) is 0.568. The molecule has 11 nitrogen and oxygen atoms in total. The maximum absolute atomic E-state index is 11.6. The van der Waals surface area contributed by atoms with Crippen molar-refractivity contribution in [1.82, 2.24) is 19.5 Å². The van der Waals surface area contributed by atoms with Crippen molar-refractivity contribution in [2.45, 2.75) is 38.7 Å². The first-order valence-electron chi connectivity index (χ1n) is 7.84. The van der Waals surface area contributed by atoms with Gasteiger partial charge in [-0.3, -0.25) is 9.55 Å². The Bertz CT molecular complexity index is 880. The highest BCUT2D eigenvalue weighted by atomic mass is 16.5. The summed E-state index contributed by atoms with van der Waals surface area (Å²) in [5, 5.41) is 18.6. The van der Waals surface area contributed by atoms with Gasteiger partial charge in [-0.15, -0.1) is 0 Å². The quantitative estimate of drug-likeness (QED) is 0.419. The summed E-state index contributed by atoms with van der Waals surface area (Å²) in [5.41, 5.74) is 11.4. The standard InChI is InChI=1S/C10H15N3O4.C5H7N3O/c1-5-3-13(10(16)12-9(5)11)8-2-6(15)7(4-14)17-8;1-3-2-7-5(9)8-4(3)6/h3,6-8,14-15H,2,4H2,1H3,(H2,11,12,16);2H,1H3,(H3,6,7,8,9)/t6-,7+,8+;/m0./s1. The summed E-state index contributed by atoms with van der Waals surface area (Å²) in [7, 11) is 0. The predicted molar refractivity (Wildman–Crippen MR) is 93.3 cm³/mol. The van der Waals surface area contributed by atoms with Crippen molar-refractivity contribution in [3.63, 3.8) is 0 Å². The van der Waals surface area contributed by atoms with Crippen LogP contribution in [0.25, 0.3) is 0 Å². The second-order valence-corrected chi connectivity index (χ2v) is 5.90. The van der Waals surface area contributed by atoms with Gasteiger partial charge >= 0.3 is 11.4 Å². The Labute approximate surface area is 148 Å². The first-order valence-corrected chi connectivity index (χ1v) is 7.84. The maximum Gasteiger partial charge on any atom is 0.351 e. The zero-order valence-electron chi connectivity index (χ0n) is 14.4. The molecule has 2 aromatic rings. The number of hydrogen-bond donors (Lipinski definition) is 5. The highest BCUT2D eigenvalue weighted by Gasteiger charge is 2.35. The summed E-state index contributed by atoms with van der Waals surface area (Å²) in [6, 6.07) is 0. The summed E-state index contributed by atoms with van der Waals surface area (Å²) in [4.78, 5) is 31.5. The molecule has 1 fully saturated rings. The fourth-order valence-electron chi connectivity index (χ4n) is 2.31. The number of aromatic amines is 1. The normalized spacial score (nSPS) is 21.9. The van der Waals surface area contributed by atoms with Crippen molar-refractivity contribution >= 4 is 11.6 Å². The minimum atomic E-state index is -0.783. The minimum absolute atomic E-state index is 0.184. The Kier molecular flexibility index (Phi) is 6.08. The van der Waals surface area contributed by atoms with Crippen LogP contribution in [0.4, 0.5) is 11.6 Å². The molecule has 3 rings (SSSR count). The molecule has 1 saturated heterocycles. The average Bonchev–Trinajstić information content (AvgIpc) is 2.96. The van der Waals surface area contributed by atoms with E-state index in [2.05, 4.69) is 15.0 Å². The SMILES string of the molecule is Cc1cn([C@H]2C[C@H](O)[C@@H](CO)O2)c(=O)nc1N.Cc1cnc(=O)[nH]c1N. The third-order valence-electron chi connectivity index (χ3n) is 3.91. The van der Waals surface area contributed by atoms with Crippen LogP contribution in [0.3, 0.4) is 0 Å². The molecule has 2 aromatic heterocycles. The van der Waals surface area contributed by atoms with E-state index in [4.69, 9.17) is 21.3 Å². The van der Waals surface area contributed by atoms with Gasteiger partial charge in [0.2, 0.25) is 0 Å². The van der Waals surface area contributed by atoms with Gasteiger partial charge in [-0.1, -0.05) is 0 Å². The molecular weight excluding hydrogens is 344 g/mol.